The summed E-state index contributed by atoms with van der Waals surface area (Å²) < 4.78 is 32.5. The highest BCUT2D eigenvalue weighted by atomic mass is 35.5. The molecule has 16 heteroatoms. The number of aliphatic hydroxyl groups is 1. The van der Waals surface area contributed by atoms with Gasteiger partial charge < -0.3 is 36.6 Å². The number of benzene rings is 2. The molecule has 2 rings (SSSR count). The number of rotatable bonds is 15. The van der Waals surface area contributed by atoms with E-state index in [4.69, 9.17) is 38.8 Å². The van der Waals surface area contributed by atoms with E-state index < -0.39 is 64.6 Å². The third-order valence-corrected chi connectivity index (χ3v) is 6.87. The molecule has 0 saturated heterocycles. The van der Waals surface area contributed by atoms with Crippen LogP contribution < -0.4 is 21.7 Å². The van der Waals surface area contributed by atoms with E-state index in [0.29, 0.717) is 0 Å². The lowest BCUT2D eigenvalue weighted by atomic mass is 9.96. The molecule has 0 fully saturated rings. The van der Waals surface area contributed by atoms with Crippen LogP contribution in [0.4, 0.5) is 13.6 Å². The van der Waals surface area contributed by atoms with E-state index in [-0.39, 0.29) is 53.5 Å². The number of amides is 3. The number of alkyl carbamates (subject to hydrolysis) is 1. The highest BCUT2D eigenvalue weighted by Gasteiger charge is 2.28. The third kappa shape index (κ3) is 19.0. The van der Waals surface area contributed by atoms with Gasteiger partial charge in [0, 0.05) is 42.8 Å². The molecule has 0 radical (unpaired) electrons. The summed E-state index contributed by atoms with van der Waals surface area (Å²) in [6, 6.07) is 6.89. The van der Waals surface area contributed by atoms with E-state index >= 15 is 0 Å². The summed E-state index contributed by atoms with van der Waals surface area (Å²) in [6.07, 6.45) is 4.09. The van der Waals surface area contributed by atoms with Crippen LogP contribution >= 0.6 is 23.2 Å². The number of ketones is 1. The van der Waals surface area contributed by atoms with Crippen LogP contribution in [-0.2, 0) is 23.9 Å². The van der Waals surface area contributed by atoms with E-state index in [0.717, 1.165) is 12.2 Å². The molecule has 2 atom stereocenters. The minimum absolute atomic E-state index is 0.0278. The Labute approximate surface area is 305 Å². The number of carbonyl (C=O) groups excluding carboxylic acids is 4. The van der Waals surface area contributed by atoms with Gasteiger partial charge in [-0.2, -0.15) is 0 Å². The maximum absolute atomic E-state index is 13.8. The number of nitrogens with two attached hydrogens (primary N) is 1. The Morgan fingerprint density at radius 2 is 1.29 bits per heavy atom. The van der Waals surface area contributed by atoms with Gasteiger partial charge in [-0.15, -0.1) is 0 Å². The molecule has 0 aliphatic rings. The minimum Gasteiger partial charge on any atom is -0.480 e. The van der Waals surface area contributed by atoms with Crippen molar-refractivity contribution in [3.63, 3.8) is 0 Å². The van der Waals surface area contributed by atoms with Crippen molar-refractivity contribution in [1.82, 2.24) is 16.0 Å². The van der Waals surface area contributed by atoms with E-state index in [9.17, 15) is 37.9 Å². The van der Waals surface area contributed by atoms with Crippen LogP contribution in [0.5, 0.6) is 0 Å². The second kappa shape index (κ2) is 21.1. The summed E-state index contributed by atoms with van der Waals surface area (Å²) in [7, 11) is 0. The van der Waals surface area contributed by atoms with Crippen LogP contribution in [0.3, 0.4) is 0 Å². The van der Waals surface area contributed by atoms with Crippen molar-refractivity contribution < 1.29 is 47.7 Å². The summed E-state index contributed by atoms with van der Waals surface area (Å²) in [4.78, 5) is 58.5. The molecular formula is C35H44Cl2F2N4O8. The third-order valence-electron chi connectivity index (χ3n) is 6.28. The summed E-state index contributed by atoms with van der Waals surface area (Å²) in [5, 5.41) is 25.9. The van der Waals surface area contributed by atoms with E-state index in [1.165, 1.54) is 50.3 Å². The van der Waals surface area contributed by atoms with Crippen LogP contribution in [-0.4, -0.2) is 76.2 Å². The fourth-order valence-electron chi connectivity index (χ4n) is 3.87. The van der Waals surface area contributed by atoms with Crippen molar-refractivity contribution >= 4 is 65.0 Å². The molecule has 0 saturated carbocycles. The van der Waals surface area contributed by atoms with Crippen LogP contribution in [0.25, 0.3) is 12.2 Å². The molecule has 2 aromatic carbocycles. The zero-order chi connectivity index (χ0) is 38.9. The molecule has 3 amide bonds. The summed E-state index contributed by atoms with van der Waals surface area (Å²) >= 11 is 11.3. The fourth-order valence-corrected chi connectivity index (χ4v) is 4.24. The molecule has 0 bridgehead atoms. The normalized spacial score (nSPS) is 12.8. The number of aliphatic carboxylic acids is 1. The Morgan fingerprint density at radius 1 is 0.843 bits per heavy atom. The van der Waals surface area contributed by atoms with Crippen molar-refractivity contribution in [2.24, 2.45) is 5.73 Å². The van der Waals surface area contributed by atoms with Gasteiger partial charge in [0.2, 0.25) is 11.8 Å². The summed E-state index contributed by atoms with van der Waals surface area (Å²) in [5.74, 6) is -3.74. The number of hydrogen-bond donors (Lipinski definition) is 6. The summed E-state index contributed by atoms with van der Waals surface area (Å²) in [5.41, 5.74) is 3.62. The van der Waals surface area contributed by atoms with E-state index in [2.05, 4.69) is 16.0 Å². The number of ether oxygens (including phenoxy) is 1. The predicted octanol–water partition coefficient (Wildman–Crippen LogP) is 5.03. The average molecular weight is 758 g/mol. The molecule has 0 heterocycles. The SMILES string of the molecule is CC(C)(O)CC(=O)[C@H](CCNC(=O)/C=C/c1cccc(Cl)c1F)NC(=O)OC(C)(C)C.N[C@@H](CCNC(=O)/C=C/c1cccc(Cl)c1F)C(=O)O. The first kappa shape index (κ1) is 44.7. The van der Waals surface area contributed by atoms with E-state index in [1.807, 2.05) is 0 Å². The Kier molecular flexibility index (Phi) is 18.5. The lowest BCUT2D eigenvalue weighted by molar-refractivity contribution is -0.138. The predicted molar refractivity (Wildman–Crippen MR) is 191 cm³/mol. The van der Waals surface area contributed by atoms with Crippen LogP contribution in [0.1, 0.15) is 65.0 Å². The molecule has 0 unspecified atom stereocenters. The monoisotopic (exact) mass is 756 g/mol. The van der Waals surface area contributed by atoms with Gasteiger partial charge >= 0.3 is 12.1 Å². The van der Waals surface area contributed by atoms with Gasteiger partial charge in [0.05, 0.1) is 21.7 Å². The smallest absolute Gasteiger partial charge is 0.408 e. The first-order valence-corrected chi connectivity index (χ1v) is 16.4. The first-order chi connectivity index (χ1) is 23.6. The number of hydrogen-bond acceptors (Lipinski definition) is 8. The van der Waals surface area contributed by atoms with Crippen molar-refractivity contribution in [3.8, 4) is 0 Å². The summed E-state index contributed by atoms with van der Waals surface area (Å²) in [6.45, 7) is 8.21. The molecule has 0 aromatic heterocycles. The quantitative estimate of drug-likeness (QED) is 0.135. The number of nitrogens with one attached hydrogen (secondary N) is 3. The number of carbonyl (C=O) groups is 5. The van der Waals surface area contributed by atoms with Crippen molar-refractivity contribution in [1.29, 1.82) is 0 Å². The highest BCUT2D eigenvalue weighted by Crippen LogP contribution is 2.20. The molecule has 7 N–H and O–H groups in total. The van der Waals surface area contributed by atoms with Crippen molar-refractivity contribution in [2.45, 2.75) is 77.2 Å². The average Bonchev–Trinajstić information content (AvgIpc) is 3.00. The van der Waals surface area contributed by atoms with Crippen LogP contribution in [0, 0.1) is 11.6 Å². The maximum atomic E-state index is 13.8. The number of carboxylic acids is 1. The van der Waals surface area contributed by atoms with Gasteiger partial charge in [0.25, 0.3) is 0 Å². The topological polar surface area (TPSA) is 197 Å². The second-order valence-corrected chi connectivity index (χ2v) is 13.5. The zero-order valence-electron chi connectivity index (χ0n) is 28.9. The maximum Gasteiger partial charge on any atom is 0.408 e. The van der Waals surface area contributed by atoms with Gasteiger partial charge in [-0.1, -0.05) is 47.5 Å². The Bertz CT molecular complexity index is 1590. The Balaban J connectivity index is 0.000000560. The molecule has 0 aliphatic carbocycles. The molecule has 51 heavy (non-hydrogen) atoms. The first-order valence-electron chi connectivity index (χ1n) is 15.6. The standard InChI is InChI=1S/C22H30ClFN2O5.C13H14ClFN2O3/c1-21(2,3)31-20(29)26-16(17(27)13-22(4,5)30)11-12-25-18(28)10-9-14-7-6-8-15(23)19(14)24;14-9-3-1-2-8(12(9)15)4-5-11(18)17-7-6-10(16)13(19)20/h6-10,16,30H,11-13H2,1-5H3,(H,25,28)(H,26,29);1-5,10H,6-7,16H2,(H,17,18)(H,19,20)/b10-9+;5-4+/t16-;10-/m00/s1. The number of halogens is 4. The molecule has 0 aliphatic heterocycles. The fraction of sp³-hybridized carbons (Fsp3) is 0.400. The molecule has 12 nitrogen and oxygen atoms in total. The number of Topliss-reactive ketones (excluding diaryl/α,β-unsaturated/α-hetero) is 1. The van der Waals surface area contributed by atoms with Gasteiger partial charge in [0.1, 0.15) is 23.3 Å². The Morgan fingerprint density at radius 3 is 1.71 bits per heavy atom. The van der Waals surface area contributed by atoms with Gasteiger partial charge in [-0.25, -0.2) is 13.6 Å². The highest BCUT2D eigenvalue weighted by molar-refractivity contribution is 6.31. The Hall–Kier alpha value is -4.37. The lowest BCUT2D eigenvalue weighted by Crippen LogP contribution is -2.46. The molecule has 280 valence electrons. The second-order valence-electron chi connectivity index (χ2n) is 12.7. The van der Waals surface area contributed by atoms with Crippen molar-refractivity contribution in [3.05, 3.63) is 81.4 Å². The van der Waals surface area contributed by atoms with Gasteiger partial charge in [0.15, 0.2) is 5.78 Å². The number of carboxylic acid groups (broad SMARTS) is 1. The van der Waals surface area contributed by atoms with Gasteiger partial charge in [-0.3, -0.25) is 19.2 Å². The zero-order valence-corrected chi connectivity index (χ0v) is 30.4. The molecular weight excluding hydrogens is 713 g/mol. The molecule has 0 spiro atoms. The van der Waals surface area contributed by atoms with Crippen molar-refractivity contribution in [2.75, 3.05) is 13.1 Å². The van der Waals surface area contributed by atoms with Gasteiger partial charge in [-0.05, 0) is 71.7 Å². The molecule has 2 aromatic rings. The lowest BCUT2D eigenvalue weighted by Gasteiger charge is -2.25. The largest absolute Gasteiger partial charge is 0.480 e. The van der Waals surface area contributed by atoms with Crippen LogP contribution in [0.15, 0.2) is 48.6 Å². The minimum atomic E-state index is -1.25. The van der Waals surface area contributed by atoms with E-state index in [1.54, 1.807) is 32.9 Å². The van der Waals surface area contributed by atoms with Crippen LogP contribution in [0.2, 0.25) is 10.0 Å².